The number of ether oxygens (including phenoxy) is 1. The predicted molar refractivity (Wildman–Crippen MR) is 80.5 cm³/mol. The highest BCUT2D eigenvalue weighted by Crippen LogP contribution is 2.24. The second-order valence-corrected chi connectivity index (χ2v) is 6.18. The lowest BCUT2D eigenvalue weighted by Gasteiger charge is -2.23. The maximum absolute atomic E-state index is 11.7. The zero-order valence-electron chi connectivity index (χ0n) is 11.6. The minimum absolute atomic E-state index is 0.0976. The molecule has 1 aromatic rings. The minimum Gasteiger partial charge on any atom is -0.484 e. The highest BCUT2D eigenvalue weighted by molar-refractivity contribution is 6.34. The molecule has 20 heavy (non-hydrogen) atoms. The highest BCUT2D eigenvalue weighted by atomic mass is 35.5. The van der Waals surface area contributed by atoms with Crippen molar-refractivity contribution in [2.45, 2.75) is 20.3 Å². The van der Waals surface area contributed by atoms with E-state index in [1.807, 2.05) is 13.8 Å². The summed E-state index contributed by atoms with van der Waals surface area (Å²) in [6.07, 6.45) is 0.623. The van der Waals surface area contributed by atoms with Crippen LogP contribution >= 0.6 is 23.2 Å². The van der Waals surface area contributed by atoms with Crippen LogP contribution in [0.1, 0.15) is 20.3 Å². The average Bonchev–Trinajstić information content (AvgIpc) is 2.33. The number of benzene rings is 1. The van der Waals surface area contributed by atoms with E-state index in [1.165, 1.54) is 0 Å². The molecule has 2 N–H and O–H groups in total. The van der Waals surface area contributed by atoms with Crippen LogP contribution in [0, 0.1) is 5.41 Å². The summed E-state index contributed by atoms with van der Waals surface area (Å²) in [7, 11) is 0. The van der Waals surface area contributed by atoms with Crippen molar-refractivity contribution in [2.24, 2.45) is 5.41 Å². The molecule has 0 aliphatic carbocycles. The fourth-order valence-corrected chi connectivity index (χ4v) is 2.05. The van der Waals surface area contributed by atoms with Crippen LogP contribution in [0.4, 0.5) is 0 Å². The molecule has 0 heterocycles. The Labute approximate surface area is 129 Å². The highest BCUT2D eigenvalue weighted by Gasteiger charge is 2.18. The average molecular weight is 320 g/mol. The topological polar surface area (TPSA) is 58.6 Å². The van der Waals surface area contributed by atoms with E-state index >= 15 is 0 Å². The van der Waals surface area contributed by atoms with Crippen molar-refractivity contribution in [3.05, 3.63) is 28.2 Å². The fourth-order valence-electron chi connectivity index (χ4n) is 1.54. The molecule has 112 valence electrons. The third-order valence-electron chi connectivity index (χ3n) is 2.76. The molecule has 0 aromatic heterocycles. The Kier molecular flexibility index (Phi) is 6.59. The van der Waals surface area contributed by atoms with Gasteiger partial charge in [0.2, 0.25) is 0 Å². The van der Waals surface area contributed by atoms with Gasteiger partial charge >= 0.3 is 0 Å². The van der Waals surface area contributed by atoms with Crippen molar-refractivity contribution in [3.8, 4) is 5.75 Å². The Morgan fingerprint density at radius 1 is 1.30 bits per heavy atom. The van der Waals surface area contributed by atoms with Gasteiger partial charge in [0.15, 0.2) is 6.61 Å². The van der Waals surface area contributed by atoms with Gasteiger partial charge in [0.05, 0.1) is 0 Å². The molecule has 0 aliphatic heterocycles. The lowest BCUT2D eigenvalue weighted by molar-refractivity contribution is -0.123. The molecule has 1 amide bonds. The summed E-state index contributed by atoms with van der Waals surface area (Å²) in [5.41, 5.74) is -0.149. The Morgan fingerprint density at radius 2 is 1.90 bits per heavy atom. The molecule has 0 saturated heterocycles. The lowest BCUT2D eigenvalue weighted by Crippen LogP contribution is -2.37. The minimum atomic E-state index is -0.230. The quantitative estimate of drug-likeness (QED) is 0.812. The summed E-state index contributed by atoms with van der Waals surface area (Å²) in [6.45, 7) is 4.42. The van der Waals surface area contributed by atoms with E-state index in [2.05, 4.69) is 5.32 Å². The van der Waals surface area contributed by atoms with Crippen molar-refractivity contribution in [3.63, 3.8) is 0 Å². The van der Waals surface area contributed by atoms with Gasteiger partial charge in [-0.05, 0) is 30.0 Å². The molecule has 0 bridgehead atoms. The van der Waals surface area contributed by atoms with Crippen molar-refractivity contribution >= 4 is 29.1 Å². The molecule has 6 heteroatoms. The summed E-state index contributed by atoms with van der Waals surface area (Å²) < 4.78 is 5.32. The number of amides is 1. The molecule has 0 aliphatic rings. The van der Waals surface area contributed by atoms with E-state index in [0.29, 0.717) is 28.8 Å². The van der Waals surface area contributed by atoms with Crippen LogP contribution in [0.5, 0.6) is 5.75 Å². The summed E-state index contributed by atoms with van der Waals surface area (Å²) in [5, 5.41) is 12.6. The van der Waals surface area contributed by atoms with Crippen LogP contribution in [0.3, 0.4) is 0 Å². The van der Waals surface area contributed by atoms with Gasteiger partial charge in [-0.25, -0.2) is 0 Å². The van der Waals surface area contributed by atoms with E-state index in [4.69, 9.17) is 33.0 Å². The molecule has 1 rings (SSSR count). The molecule has 4 nitrogen and oxygen atoms in total. The van der Waals surface area contributed by atoms with Gasteiger partial charge in [-0.15, -0.1) is 0 Å². The molecular weight excluding hydrogens is 301 g/mol. The summed E-state index contributed by atoms with van der Waals surface area (Å²) in [4.78, 5) is 11.7. The first-order valence-electron chi connectivity index (χ1n) is 6.29. The number of halogens is 2. The van der Waals surface area contributed by atoms with Gasteiger partial charge in [0, 0.05) is 23.2 Å². The number of rotatable bonds is 7. The first kappa shape index (κ1) is 17.1. The maximum atomic E-state index is 11.7. The zero-order chi connectivity index (χ0) is 15.2. The Bertz CT molecular complexity index is 443. The van der Waals surface area contributed by atoms with Gasteiger partial charge in [0.1, 0.15) is 5.75 Å². The smallest absolute Gasteiger partial charge is 0.257 e. The molecular formula is C14H19Cl2NO3. The number of carbonyl (C=O) groups excluding carboxylic acids is 1. The Hall–Kier alpha value is -0.970. The molecule has 0 unspecified atom stereocenters. The van der Waals surface area contributed by atoms with E-state index in [1.54, 1.807) is 18.2 Å². The molecule has 0 fully saturated rings. The van der Waals surface area contributed by atoms with E-state index in [-0.39, 0.29) is 24.5 Å². The third-order valence-corrected chi connectivity index (χ3v) is 3.20. The number of aliphatic hydroxyl groups is 1. The molecule has 0 saturated carbocycles. The zero-order valence-corrected chi connectivity index (χ0v) is 13.1. The van der Waals surface area contributed by atoms with Crippen LogP contribution in [-0.2, 0) is 4.79 Å². The van der Waals surface area contributed by atoms with Gasteiger partial charge in [0.25, 0.3) is 5.91 Å². The van der Waals surface area contributed by atoms with Gasteiger partial charge < -0.3 is 15.2 Å². The van der Waals surface area contributed by atoms with Crippen LogP contribution in [0.15, 0.2) is 18.2 Å². The van der Waals surface area contributed by atoms with Crippen molar-refractivity contribution in [1.29, 1.82) is 0 Å². The van der Waals surface area contributed by atoms with E-state index in [0.717, 1.165) is 0 Å². The standard InChI is InChI=1S/C14H19Cl2NO3/c1-14(2,3-4-18)9-17-13(19)8-20-12-6-10(15)5-11(16)7-12/h5-7,18H,3-4,8-9H2,1-2H3,(H,17,19). The lowest BCUT2D eigenvalue weighted by atomic mass is 9.90. The first-order valence-corrected chi connectivity index (χ1v) is 7.04. The number of hydrogen-bond acceptors (Lipinski definition) is 3. The van der Waals surface area contributed by atoms with Gasteiger partial charge in [-0.2, -0.15) is 0 Å². The molecule has 0 atom stereocenters. The van der Waals surface area contributed by atoms with Crippen LogP contribution in [-0.4, -0.2) is 30.8 Å². The van der Waals surface area contributed by atoms with Crippen molar-refractivity contribution in [1.82, 2.24) is 5.32 Å². The predicted octanol–water partition coefficient (Wildman–Crippen LogP) is 2.90. The molecule has 1 aromatic carbocycles. The van der Waals surface area contributed by atoms with Crippen molar-refractivity contribution < 1.29 is 14.6 Å². The first-order chi connectivity index (χ1) is 9.32. The largest absolute Gasteiger partial charge is 0.484 e. The summed E-state index contributed by atoms with van der Waals surface area (Å²) in [5.74, 6) is 0.222. The van der Waals surface area contributed by atoms with Crippen molar-refractivity contribution in [2.75, 3.05) is 19.8 Å². The number of hydrogen-bond donors (Lipinski definition) is 2. The second-order valence-electron chi connectivity index (χ2n) is 5.31. The SMILES string of the molecule is CC(C)(CCO)CNC(=O)COc1cc(Cl)cc(Cl)c1. The summed E-state index contributed by atoms with van der Waals surface area (Å²) >= 11 is 11.7. The van der Waals surface area contributed by atoms with Crippen LogP contribution in [0.2, 0.25) is 10.0 Å². The van der Waals surface area contributed by atoms with E-state index < -0.39 is 0 Å². The Morgan fingerprint density at radius 3 is 2.45 bits per heavy atom. The molecule has 0 spiro atoms. The monoisotopic (exact) mass is 319 g/mol. The number of carbonyl (C=O) groups is 1. The number of aliphatic hydroxyl groups excluding tert-OH is 1. The fraction of sp³-hybridized carbons (Fsp3) is 0.500. The maximum Gasteiger partial charge on any atom is 0.257 e. The van der Waals surface area contributed by atoms with E-state index in [9.17, 15) is 4.79 Å². The van der Waals surface area contributed by atoms with Crippen LogP contribution < -0.4 is 10.1 Å². The second kappa shape index (κ2) is 7.72. The van der Waals surface area contributed by atoms with Gasteiger partial charge in [-0.1, -0.05) is 37.0 Å². The summed E-state index contributed by atoms with van der Waals surface area (Å²) in [6, 6.07) is 4.78. The Balaban J connectivity index is 2.40. The van der Waals surface area contributed by atoms with Crippen LogP contribution in [0.25, 0.3) is 0 Å². The third kappa shape index (κ3) is 6.46. The number of nitrogens with one attached hydrogen (secondary N) is 1. The molecule has 0 radical (unpaired) electrons. The van der Waals surface area contributed by atoms with Gasteiger partial charge in [-0.3, -0.25) is 4.79 Å². The normalized spacial score (nSPS) is 11.2.